The van der Waals surface area contributed by atoms with E-state index in [0.29, 0.717) is 0 Å². The number of carbonyl (C=O) groups excluding carboxylic acids is 1. The highest BCUT2D eigenvalue weighted by atomic mass is 19.1. The number of nitrogens with one attached hydrogen (secondary N) is 2. The van der Waals surface area contributed by atoms with Crippen LogP contribution >= 0.6 is 0 Å². The normalized spacial score (nSPS) is 15.4. The second-order valence-corrected chi connectivity index (χ2v) is 6.48. The SMILES string of the molecule is CC[NH+]1CCN(c2ccccc2NC(=O)/C=C/c2ccc(F)cc2)CC1. The molecule has 0 unspecified atom stereocenters. The number of amides is 1. The fraction of sp³-hybridized carbons (Fsp3) is 0.286. The fourth-order valence-corrected chi connectivity index (χ4v) is 3.19. The summed E-state index contributed by atoms with van der Waals surface area (Å²) in [6, 6.07) is 13.9. The number of benzene rings is 2. The zero-order valence-electron chi connectivity index (χ0n) is 15.0. The van der Waals surface area contributed by atoms with Gasteiger partial charge in [0.05, 0.1) is 44.1 Å². The summed E-state index contributed by atoms with van der Waals surface area (Å²) in [7, 11) is 0. The Kier molecular flexibility index (Phi) is 6.02. The number of quaternary nitrogens is 1. The van der Waals surface area contributed by atoms with Gasteiger partial charge in [0.15, 0.2) is 0 Å². The van der Waals surface area contributed by atoms with E-state index in [0.717, 1.165) is 49.7 Å². The first kappa shape index (κ1) is 18.1. The summed E-state index contributed by atoms with van der Waals surface area (Å²) in [6.45, 7) is 7.57. The Bertz CT molecular complexity index is 765. The summed E-state index contributed by atoms with van der Waals surface area (Å²) in [6.07, 6.45) is 3.16. The predicted molar refractivity (Wildman–Crippen MR) is 104 cm³/mol. The van der Waals surface area contributed by atoms with Crippen LogP contribution in [0, 0.1) is 5.82 Å². The van der Waals surface area contributed by atoms with Crippen molar-refractivity contribution in [2.24, 2.45) is 0 Å². The molecule has 0 aromatic heterocycles. The number of nitrogens with zero attached hydrogens (tertiary/aromatic N) is 1. The van der Waals surface area contributed by atoms with Gasteiger partial charge in [-0.2, -0.15) is 0 Å². The van der Waals surface area contributed by atoms with Crippen molar-refractivity contribution in [3.8, 4) is 0 Å². The van der Waals surface area contributed by atoms with Crippen molar-refractivity contribution in [3.63, 3.8) is 0 Å². The van der Waals surface area contributed by atoms with E-state index >= 15 is 0 Å². The van der Waals surface area contributed by atoms with Gasteiger partial charge in [0, 0.05) is 6.08 Å². The molecule has 3 rings (SSSR count). The van der Waals surface area contributed by atoms with Crippen LogP contribution in [0.3, 0.4) is 0 Å². The van der Waals surface area contributed by atoms with E-state index in [1.54, 1.807) is 23.1 Å². The third-order valence-corrected chi connectivity index (χ3v) is 4.77. The van der Waals surface area contributed by atoms with Crippen LogP contribution in [0.2, 0.25) is 0 Å². The lowest BCUT2D eigenvalue weighted by Crippen LogP contribution is -3.14. The van der Waals surface area contributed by atoms with E-state index in [4.69, 9.17) is 0 Å². The minimum absolute atomic E-state index is 0.195. The second-order valence-electron chi connectivity index (χ2n) is 6.48. The second kappa shape index (κ2) is 8.63. The van der Waals surface area contributed by atoms with Crippen LogP contribution in [-0.4, -0.2) is 38.6 Å². The Labute approximate surface area is 153 Å². The molecule has 1 heterocycles. The van der Waals surface area contributed by atoms with Crippen LogP contribution in [0.4, 0.5) is 15.8 Å². The first-order valence-electron chi connectivity index (χ1n) is 9.08. The van der Waals surface area contributed by atoms with Crippen molar-refractivity contribution in [2.45, 2.75) is 6.92 Å². The molecule has 2 aromatic carbocycles. The number of para-hydroxylation sites is 2. The van der Waals surface area contributed by atoms with Crippen molar-refractivity contribution < 1.29 is 14.1 Å². The van der Waals surface area contributed by atoms with E-state index < -0.39 is 0 Å². The van der Waals surface area contributed by atoms with Crippen LogP contribution < -0.4 is 15.1 Å². The highest BCUT2D eigenvalue weighted by Gasteiger charge is 2.20. The van der Waals surface area contributed by atoms with E-state index in [9.17, 15) is 9.18 Å². The predicted octanol–water partition coefficient (Wildman–Crippen LogP) is 2.20. The van der Waals surface area contributed by atoms with Crippen molar-refractivity contribution in [1.82, 2.24) is 0 Å². The smallest absolute Gasteiger partial charge is 0.248 e. The maximum atomic E-state index is 12.9. The average Bonchev–Trinajstić information content (AvgIpc) is 2.68. The lowest BCUT2D eigenvalue weighted by Gasteiger charge is -2.34. The molecule has 1 aliphatic rings. The summed E-state index contributed by atoms with van der Waals surface area (Å²) < 4.78 is 12.9. The Morgan fingerprint density at radius 2 is 1.85 bits per heavy atom. The van der Waals surface area contributed by atoms with Crippen molar-refractivity contribution in [1.29, 1.82) is 0 Å². The number of likely N-dealkylation sites (N-methyl/N-ethyl adjacent to an activating group) is 1. The lowest BCUT2D eigenvalue weighted by molar-refractivity contribution is -0.898. The Morgan fingerprint density at radius 1 is 1.15 bits per heavy atom. The standard InChI is InChI=1S/C21H24FN3O/c1-2-24-13-15-25(16-14-24)20-6-4-3-5-19(20)23-21(26)12-9-17-7-10-18(22)11-8-17/h3-12H,2,13-16H2,1H3,(H,23,26)/p+1/b12-9+. The molecule has 26 heavy (non-hydrogen) atoms. The third-order valence-electron chi connectivity index (χ3n) is 4.77. The molecule has 0 aliphatic carbocycles. The molecule has 0 spiro atoms. The summed E-state index contributed by atoms with van der Waals surface area (Å²) in [5.41, 5.74) is 2.67. The summed E-state index contributed by atoms with van der Waals surface area (Å²) in [5, 5.41) is 2.97. The van der Waals surface area contributed by atoms with Crippen LogP contribution in [0.5, 0.6) is 0 Å². The molecule has 136 valence electrons. The molecule has 0 bridgehead atoms. The van der Waals surface area contributed by atoms with Gasteiger partial charge in [-0.05, 0) is 42.8 Å². The molecule has 1 fully saturated rings. The number of piperazine rings is 1. The maximum Gasteiger partial charge on any atom is 0.248 e. The monoisotopic (exact) mass is 354 g/mol. The summed E-state index contributed by atoms with van der Waals surface area (Å²) in [5.74, 6) is -0.481. The van der Waals surface area contributed by atoms with Crippen LogP contribution in [0.25, 0.3) is 6.08 Å². The first-order chi connectivity index (χ1) is 12.7. The Balaban J connectivity index is 1.66. The molecule has 1 saturated heterocycles. The van der Waals surface area contributed by atoms with E-state index in [2.05, 4.69) is 23.2 Å². The van der Waals surface area contributed by atoms with Crippen molar-refractivity contribution >= 4 is 23.4 Å². The minimum Gasteiger partial charge on any atom is -0.359 e. The number of carbonyl (C=O) groups is 1. The quantitative estimate of drug-likeness (QED) is 0.808. The van der Waals surface area contributed by atoms with Crippen molar-refractivity contribution in [3.05, 3.63) is 66.0 Å². The number of halogens is 1. The highest BCUT2D eigenvalue weighted by Crippen LogP contribution is 2.25. The minimum atomic E-state index is -0.287. The largest absolute Gasteiger partial charge is 0.359 e. The molecule has 0 saturated carbocycles. The maximum absolute atomic E-state index is 12.9. The van der Waals surface area contributed by atoms with E-state index in [1.807, 2.05) is 18.2 Å². The number of rotatable bonds is 5. The lowest BCUT2D eigenvalue weighted by atomic mass is 10.2. The topological polar surface area (TPSA) is 36.8 Å². The molecule has 5 heteroatoms. The van der Waals surface area contributed by atoms with Crippen LogP contribution in [0.1, 0.15) is 12.5 Å². The van der Waals surface area contributed by atoms with Gasteiger partial charge >= 0.3 is 0 Å². The van der Waals surface area contributed by atoms with Crippen LogP contribution in [0.15, 0.2) is 54.6 Å². The molecule has 4 nitrogen and oxygen atoms in total. The molecule has 1 aliphatic heterocycles. The molecule has 0 radical (unpaired) electrons. The first-order valence-corrected chi connectivity index (χ1v) is 9.08. The van der Waals surface area contributed by atoms with Gasteiger partial charge in [0.25, 0.3) is 0 Å². The zero-order valence-corrected chi connectivity index (χ0v) is 15.0. The van der Waals surface area contributed by atoms with Gasteiger partial charge < -0.3 is 15.1 Å². The van der Waals surface area contributed by atoms with Gasteiger partial charge in [-0.25, -0.2) is 4.39 Å². The van der Waals surface area contributed by atoms with Gasteiger partial charge in [-0.1, -0.05) is 24.3 Å². The molecule has 1 amide bonds. The molecular weight excluding hydrogens is 329 g/mol. The molecule has 2 aromatic rings. The summed E-state index contributed by atoms with van der Waals surface area (Å²) in [4.78, 5) is 16.2. The number of hydrogen-bond acceptors (Lipinski definition) is 2. The summed E-state index contributed by atoms with van der Waals surface area (Å²) >= 11 is 0. The van der Waals surface area contributed by atoms with Gasteiger partial charge in [-0.3, -0.25) is 4.79 Å². The van der Waals surface area contributed by atoms with Gasteiger partial charge in [0.1, 0.15) is 5.82 Å². The third kappa shape index (κ3) is 4.70. The average molecular weight is 354 g/mol. The van der Waals surface area contributed by atoms with Crippen molar-refractivity contribution in [2.75, 3.05) is 42.9 Å². The van der Waals surface area contributed by atoms with Crippen LogP contribution in [-0.2, 0) is 4.79 Å². The zero-order chi connectivity index (χ0) is 18.4. The fourth-order valence-electron chi connectivity index (χ4n) is 3.19. The highest BCUT2D eigenvalue weighted by molar-refractivity contribution is 6.03. The van der Waals surface area contributed by atoms with Gasteiger partial charge in [0.2, 0.25) is 5.91 Å². The van der Waals surface area contributed by atoms with E-state index in [1.165, 1.54) is 18.2 Å². The molecule has 2 N–H and O–H groups in total. The Morgan fingerprint density at radius 3 is 2.54 bits per heavy atom. The molecule has 0 atom stereocenters. The van der Waals surface area contributed by atoms with E-state index in [-0.39, 0.29) is 11.7 Å². The number of anilines is 2. The van der Waals surface area contributed by atoms with Gasteiger partial charge in [-0.15, -0.1) is 0 Å². The Hall–Kier alpha value is -2.66. The number of hydrogen-bond donors (Lipinski definition) is 2. The molecular formula is C21H25FN3O+.